The molecule has 0 aromatic carbocycles. The van der Waals surface area contributed by atoms with Crippen LogP contribution in [-0.2, 0) is 6.18 Å². The molecule has 0 saturated heterocycles. The number of allylic oxidation sites excluding steroid dienone is 2. The van der Waals surface area contributed by atoms with Gasteiger partial charge in [0.05, 0.1) is 17.6 Å². The van der Waals surface area contributed by atoms with Crippen LogP contribution >= 0.6 is 0 Å². The van der Waals surface area contributed by atoms with Gasteiger partial charge in [-0.2, -0.15) is 13.2 Å². The van der Waals surface area contributed by atoms with Crippen LogP contribution in [0.5, 0.6) is 0 Å². The first kappa shape index (κ1) is 15.0. The number of hydrogen-bond donors (Lipinski definition) is 2. The monoisotopic (exact) mass is 319 g/mol. The Morgan fingerprint density at radius 3 is 2.65 bits per heavy atom. The van der Waals surface area contributed by atoms with Crippen molar-refractivity contribution in [2.24, 2.45) is 0 Å². The van der Waals surface area contributed by atoms with Gasteiger partial charge in [-0.15, -0.1) is 0 Å². The molecular formula is C15H12F3N5. The van der Waals surface area contributed by atoms with Crippen molar-refractivity contribution in [3.8, 4) is 0 Å². The van der Waals surface area contributed by atoms with E-state index >= 15 is 0 Å². The molecule has 1 aliphatic heterocycles. The minimum absolute atomic E-state index is 0.414. The number of pyridine rings is 1. The second-order valence-corrected chi connectivity index (χ2v) is 4.74. The Morgan fingerprint density at radius 1 is 1.13 bits per heavy atom. The van der Waals surface area contributed by atoms with Crippen LogP contribution in [0, 0.1) is 0 Å². The maximum atomic E-state index is 12.5. The van der Waals surface area contributed by atoms with Gasteiger partial charge in [-0.05, 0) is 30.0 Å². The van der Waals surface area contributed by atoms with Gasteiger partial charge in [0.25, 0.3) is 0 Å². The quantitative estimate of drug-likeness (QED) is 0.910. The molecule has 0 fully saturated rings. The van der Waals surface area contributed by atoms with Gasteiger partial charge in [0.1, 0.15) is 17.8 Å². The normalized spacial score (nSPS) is 14.1. The average molecular weight is 319 g/mol. The molecule has 118 valence electrons. The standard InChI is InChI=1S/C15H12F3N5/c16-15(17,18)13-2-1-11(8-20-13)23-14-7-12(21-9-22-14)10-3-5-19-6-4-10/h1-5,7-9,19H,6H2,(H,21,22,23). The number of nitrogens with zero attached hydrogens (tertiary/aromatic N) is 3. The molecule has 0 atom stereocenters. The van der Waals surface area contributed by atoms with E-state index in [4.69, 9.17) is 0 Å². The highest BCUT2D eigenvalue weighted by molar-refractivity contribution is 5.74. The fourth-order valence-electron chi connectivity index (χ4n) is 2.01. The molecule has 1 aliphatic rings. The fourth-order valence-corrected chi connectivity index (χ4v) is 2.01. The van der Waals surface area contributed by atoms with Crippen LogP contribution < -0.4 is 10.6 Å². The molecule has 0 spiro atoms. The van der Waals surface area contributed by atoms with Crippen molar-refractivity contribution in [2.75, 3.05) is 11.9 Å². The van der Waals surface area contributed by atoms with E-state index in [2.05, 4.69) is 25.6 Å². The largest absolute Gasteiger partial charge is 0.433 e. The van der Waals surface area contributed by atoms with Crippen molar-refractivity contribution < 1.29 is 13.2 Å². The predicted molar refractivity (Wildman–Crippen MR) is 79.7 cm³/mol. The van der Waals surface area contributed by atoms with E-state index < -0.39 is 11.9 Å². The third kappa shape index (κ3) is 3.65. The first-order valence-electron chi connectivity index (χ1n) is 6.75. The Kier molecular flexibility index (Phi) is 3.96. The molecular weight excluding hydrogens is 307 g/mol. The summed E-state index contributed by atoms with van der Waals surface area (Å²) < 4.78 is 37.5. The SMILES string of the molecule is FC(F)(F)c1ccc(Nc2cc(C3=CCNC=C3)ncn2)cn1. The zero-order valence-corrected chi connectivity index (χ0v) is 11.8. The zero-order valence-electron chi connectivity index (χ0n) is 11.8. The van der Waals surface area contributed by atoms with Crippen molar-refractivity contribution >= 4 is 17.1 Å². The molecule has 5 nitrogen and oxygen atoms in total. The molecule has 3 heterocycles. The second kappa shape index (κ2) is 6.07. The smallest absolute Gasteiger partial charge is 0.387 e. The maximum Gasteiger partial charge on any atom is 0.433 e. The molecule has 0 bridgehead atoms. The molecule has 0 saturated carbocycles. The lowest BCUT2D eigenvalue weighted by molar-refractivity contribution is -0.141. The van der Waals surface area contributed by atoms with Gasteiger partial charge in [0.2, 0.25) is 0 Å². The van der Waals surface area contributed by atoms with Gasteiger partial charge in [-0.1, -0.05) is 6.08 Å². The van der Waals surface area contributed by atoms with Crippen molar-refractivity contribution in [1.29, 1.82) is 0 Å². The third-order valence-corrected chi connectivity index (χ3v) is 3.11. The van der Waals surface area contributed by atoms with Gasteiger partial charge < -0.3 is 10.6 Å². The fraction of sp³-hybridized carbons (Fsp3) is 0.133. The number of dihydropyridines is 1. The van der Waals surface area contributed by atoms with Crippen LogP contribution in [-0.4, -0.2) is 21.5 Å². The highest BCUT2D eigenvalue weighted by Gasteiger charge is 2.32. The van der Waals surface area contributed by atoms with E-state index in [1.165, 1.54) is 12.4 Å². The van der Waals surface area contributed by atoms with E-state index in [0.717, 1.165) is 23.5 Å². The summed E-state index contributed by atoms with van der Waals surface area (Å²) in [7, 11) is 0. The van der Waals surface area contributed by atoms with Crippen LogP contribution in [0.15, 0.2) is 49.1 Å². The topological polar surface area (TPSA) is 62.7 Å². The van der Waals surface area contributed by atoms with Crippen LogP contribution in [0.2, 0.25) is 0 Å². The summed E-state index contributed by atoms with van der Waals surface area (Å²) in [4.78, 5) is 11.6. The molecule has 0 unspecified atom stereocenters. The van der Waals surface area contributed by atoms with Gasteiger partial charge in [0, 0.05) is 12.6 Å². The average Bonchev–Trinajstić information content (AvgIpc) is 2.56. The van der Waals surface area contributed by atoms with Crippen molar-refractivity contribution in [3.63, 3.8) is 0 Å². The minimum atomic E-state index is -4.45. The van der Waals surface area contributed by atoms with Gasteiger partial charge in [-0.25, -0.2) is 15.0 Å². The first-order valence-corrected chi connectivity index (χ1v) is 6.75. The minimum Gasteiger partial charge on any atom is -0.387 e. The summed E-state index contributed by atoms with van der Waals surface area (Å²) in [5, 5.41) is 5.95. The lowest BCUT2D eigenvalue weighted by Crippen LogP contribution is -2.09. The first-order chi connectivity index (χ1) is 11.0. The van der Waals surface area contributed by atoms with Crippen molar-refractivity contribution in [2.45, 2.75) is 6.18 Å². The molecule has 8 heteroatoms. The number of alkyl halides is 3. The molecule has 2 aromatic heterocycles. The van der Waals surface area contributed by atoms with E-state index in [1.54, 1.807) is 6.07 Å². The zero-order chi connectivity index (χ0) is 16.3. The Labute approximate surface area is 130 Å². The van der Waals surface area contributed by atoms with Crippen molar-refractivity contribution in [3.05, 3.63) is 60.5 Å². The number of anilines is 2. The summed E-state index contributed by atoms with van der Waals surface area (Å²) in [6, 6.07) is 3.95. The lowest BCUT2D eigenvalue weighted by atomic mass is 10.1. The van der Waals surface area contributed by atoms with E-state index in [-0.39, 0.29) is 0 Å². The van der Waals surface area contributed by atoms with Crippen molar-refractivity contribution in [1.82, 2.24) is 20.3 Å². The van der Waals surface area contributed by atoms with Crippen LogP contribution in [0.3, 0.4) is 0 Å². The molecule has 3 rings (SSSR count). The van der Waals surface area contributed by atoms with E-state index in [1.807, 2.05) is 18.4 Å². The van der Waals surface area contributed by atoms with E-state index in [9.17, 15) is 13.2 Å². The highest BCUT2D eigenvalue weighted by atomic mass is 19.4. The van der Waals surface area contributed by atoms with E-state index in [0.29, 0.717) is 18.1 Å². The Hall–Kier alpha value is -2.90. The molecule has 0 amide bonds. The van der Waals surface area contributed by atoms with Gasteiger partial charge in [-0.3, -0.25) is 0 Å². The third-order valence-electron chi connectivity index (χ3n) is 3.11. The van der Waals surface area contributed by atoms with Crippen LogP contribution in [0.1, 0.15) is 11.4 Å². The highest BCUT2D eigenvalue weighted by Crippen LogP contribution is 2.28. The molecule has 0 radical (unpaired) electrons. The number of nitrogens with one attached hydrogen (secondary N) is 2. The van der Waals surface area contributed by atoms with Crippen LogP contribution in [0.25, 0.3) is 5.57 Å². The number of hydrogen-bond acceptors (Lipinski definition) is 5. The summed E-state index contributed by atoms with van der Waals surface area (Å²) in [6.07, 6.45) is 3.75. The van der Waals surface area contributed by atoms with Gasteiger partial charge in [0.15, 0.2) is 0 Å². The summed E-state index contributed by atoms with van der Waals surface area (Å²) in [5.41, 5.74) is 1.15. The molecule has 2 N–H and O–H groups in total. The lowest BCUT2D eigenvalue weighted by Gasteiger charge is -2.10. The number of aromatic nitrogens is 3. The summed E-state index contributed by atoms with van der Waals surface area (Å²) in [6.45, 7) is 0.710. The predicted octanol–water partition coefficient (Wildman–Crippen LogP) is 3.13. The maximum absolute atomic E-state index is 12.5. The second-order valence-electron chi connectivity index (χ2n) is 4.74. The van der Waals surface area contributed by atoms with Crippen LogP contribution in [0.4, 0.5) is 24.7 Å². The Balaban J connectivity index is 1.78. The summed E-state index contributed by atoms with van der Waals surface area (Å²) in [5.74, 6) is 0.476. The molecule has 23 heavy (non-hydrogen) atoms. The molecule has 0 aliphatic carbocycles. The number of halogens is 3. The summed E-state index contributed by atoms with van der Waals surface area (Å²) >= 11 is 0. The number of rotatable bonds is 3. The Bertz CT molecular complexity index is 750. The Morgan fingerprint density at radius 2 is 2.00 bits per heavy atom. The van der Waals surface area contributed by atoms with Gasteiger partial charge >= 0.3 is 6.18 Å². The molecule has 2 aromatic rings.